The van der Waals surface area contributed by atoms with E-state index in [1.165, 1.54) is 5.69 Å². The molecule has 8 heteroatoms. The summed E-state index contributed by atoms with van der Waals surface area (Å²) in [6, 6.07) is 2.08. The smallest absolute Gasteiger partial charge is 0.227 e. The minimum Gasteiger partial charge on any atom is -0.359 e. The van der Waals surface area contributed by atoms with E-state index in [1.807, 2.05) is 39.0 Å². The van der Waals surface area contributed by atoms with Crippen molar-refractivity contribution in [1.29, 1.82) is 0 Å². The molecule has 0 atom stereocenters. The van der Waals surface area contributed by atoms with E-state index in [1.54, 1.807) is 14.1 Å². The zero-order valence-electron chi connectivity index (χ0n) is 14.6. The Hall–Kier alpha value is -0.770. The quantitative estimate of drug-likeness (QED) is 0.371. The van der Waals surface area contributed by atoms with Gasteiger partial charge in [0.25, 0.3) is 0 Å². The number of amides is 1. The van der Waals surface area contributed by atoms with E-state index in [0.29, 0.717) is 6.54 Å². The third-order valence-corrected chi connectivity index (χ3v) is 4.01. The van der Waals surface area contributed by atoms with Gasteiger partial charge in [-0.1, -0.05) is 0 Å². The molecule has 0 aliphatic heterocycles. The minimum atomic E-state index is -0.500. The molecule has 0 saturated carbocycles. The van der Waals surface area contributed by atoms with Crippen LogP contribution in [0.5, 0.6) is 0 Å². The zero-order chi connectivity index (χ0) is 16.9. The second-order valence-electron chi connectivity index (χ2n) is 5.98. The number of aliphatic imine (C=N–C) groups is 1. The Morgan fingerprint density at radius 3 is 2.52 bits per heavy atom. The second-order valence-corrected chi connectivity index (χ2v) is 6.90. The summed E-state index contributed by atoms with van der Waals surface area (Å²) in [5.74, 6) is 0.763. The first kappa shape index (κ1) is 22.2. The number of carbonyl (C=O) groups excluding carboxylic acids is 1. The van der Waals surface area contributed by atoms with Gasteiger partial charge in [-0.2, -0.15) is 0 Å². The second kappa shape index (κ2) is 9.51. The number of halogens is 2. The number of aromatic nitrogens is 1. The van der Waals surface area contributed by atoms with Crippen LogP contribution >= 0.6 is 39.9 Å². The summed E-state index contributed by atoms with van der Waals surface area (Å²) in [6.07, 6.45) is 2.02. The largest absolute Gasteiger partial charge is 0.359 e. The summed E-state index contributed by atoms with van der Waals surface area (Å²) in [7, 11) is 7.38. The highest BCUT2D eigenvalue weighted by atomic mass is 127. The minimum absolute atomic E-state index is 0. The number of hydrogen-bond donors (Lipinski definition) is 2. The first-order valence-corrected chi connectivity index (χ1v) is 7.95. The van der Waals surface area contributed by atoms with Crippen LogP contribution in [0.1, 0.15) is 19.5 Å². The fourth-order valence-electron chi connectivity index (χ4n) is 2.14. The molecule has 0 bridgehead atoms. The number of guanidine groups is 1. The van der Waals surface area contributed by atoms with Crippen LogP contribution in [0.15, 0.2) is 21.7 Å². The van der Waals surface area contributed by atoms with Gasteiger partial charge in [-0.3, -0.25) is 9.79 Å². The maximum absolute atomic E-state index is 11.8. The highest BCUT2D eigenvalue weighted by Gasteiger charge is 2.27. The predicted octanol–water partition coefficient (Wildman–Crippen LogP) is 2.19. The van der Waals surface area contributed by atoms with Gasteiger partial charge in [0.1, 0.15) is 0 Å². The molecule has 0 saturated heterocycles. The van der Waals surface area contributed by atoms with Crippen LogP contribution in [0, 0.1) is 5.41 Å². The summed E-state index contributed by atoms with van der Waals surface area (Å²) in [5.41, 5.74) is 0.669. The van der Waals surface area contributed by atoms with Gasteiger partial charge >= 0.3 is 0 Å². The normalized spacial score (nSPS) is 11.7. The molecule has 0 aliphatic carbocycles. The molecule has 2 N–H and O–H groups in total. The molecule has 6 nitrogen and oxygen atoms in total. The standard InChI is InChI=1S/C15H26BrN5O.HI/c1-15(2,13(22)17-3)10-19-14(18-4)21(6)9-12-7-11(16)8-20(12)5;/h7-8H,9-10H2,1-6H3,(H,17,22)(H,18,19);1H. The molecule has 23 heavy (non-hydrogen) atoms. The van der Waals surface area contributed by atoms with Gasteiger partial charge in [0.15, 0.2) is 5.96 Å². The molecule has 132 valence electrons. The Morgan fingerprint density at radius 2 is 2.09 bits per heavy atom. The summed E-state index contributed by atoms with van der Waals surface area (Å²) in [4.78, 5) is 18.1. The van der Waals surface area contributed by atoms with E-state index in [0.717, 1.165) is 17.0 Å². The van der Waals surface area contributed by atoms with Crippen molar-refractivity contribution in [3.63, 3.8) is 0 Å². The van der Waals surface area contributed by atoms with Crippen molar-refractivity contribution in [2.75, 3.05) is 27.7 Å². The summed E-state index contributed by atoms with van der Waals surface area (Å²) < 4.78 is 3.13. The number of nitrogens with zero attached hydrogens (tertiary/aromatic N) is 3. The van der Waals surface area contributed by atoms with Crippen LogP contribution in [-0.4, -0.2) is 49.0 Å². The van der Waals surface area contributed by atoms with Crippen LogP contribution < -0.4 is 10.6 Å². The third-order valence-electron chi connectivity index (χ3n) is 3.58. The SMILES string of the molecule is CN=C(NCC(C)(C)C(=O)NC)N(C)Cc1cc(Br)cn1C.I. The lowest BCUT2D eigenvalue weighted by atomic mass is 9.92. The molecular formula is C15H27BrIN5O. The Kier molecular flexibility index (Phi) is 9.19. The maximum atomic E-state index is 11.8. The molecule has 0 fully saturated rings. The van der Waals surface area contributed by atoms with E-state index < -0.39 is 5.41 Å². The fraction of sp³-hybridized carbons (Fsp3) is 0.600. The van der Waals surface area contributed by atoms with Gasteiger partial charge in [-0.15, -0.1) is 24.0 Å². The Morgan fingerprint density at radius 1 is 1.48 bits per heavy atom. The summed E-state index contributed by atoms with van der Waals surface area (Å²) >= 11 is 3.48. The van der Waals surface area contributed by atoms with Gasteiger partial charge in [0.2, 0.25) is 5.91 Å². The topological polar surface area (TPSA) is 61.7 Å². The van der Waals surface area contributed by atoms with E-state index in [-0.39, 0.29) is 29.9 Å². The number of rotatable bonds is 5. The van der Waals surface area contributed by atoms with Crippen molar-refractivity contribution in [1.82, 2.24) is 20.1 Å². The molecule has 0 aromatic carbocycles. The van der Waals surface area contributed by atoms with Crippen LogP contribution in [0.4, 0.5) is 0 Å². The zero-order valence-corrected chi connectivity index (χ0v) is 18.5. The van der Waals surface area contributed by atoms with Crippen LogP contribution in [0.2, 0.25) is 0 Å². The number of nitrogens with one attached hydrogen (secondary N) is 2. The van der Waals surface area contributed by atoms with Crippen molar-refractivity contribution in [3.05, 3.63) is 22.4 Å². The van der Waals surface area contributed by atoms with Crippen molar-refractivity contribution in [2.24, 2.45) is 17.5 Å². The molecule has 0 radical (unpaired) electrons. The molecule has 1 aromatic rings. The van der Waals surface area contributed by atoms with Crippen LogP contribution in [-0.2, 0) is 18.4 Å². The Balaban J connectivity index is 0.00000484. The molecule has 0 spiro atoms. The number of aryl methyl sites for hydroxylation is 1. The molecule has 1 heterocycles. The highest BCUT2D eigenvalue weighted by Crippen LogP contribution is 2.16. The lowest BCUT2D eigenvalue weighted by molar-refractivity contribution is -0.128. The van der Waals surface area contributed by atoms with Gasteiger partial charge in [-0.25, -0.2) is 0 Å². The average Bonchev–Trinajstić information content (AvgIpc) is 2.76. The molecule has 0 unspecified atom stereocenters. The summed E-state index contributed by atoms with van der Waals surface area (Å²) in [5, 5.41) is 5.95. The molecular weight excluding hydrogens is 473 g/mol. The van der Waals surface area contributed by atoms with Gasteiger partial charge in [-0.05, 0) is 35.8 Å². The molecule has 1 rings (SSSR count). The van der Waals surface area contributed by atoms with E-state index in [4.69, 9.17) is 0 Å². The van der Waals surface area contributed by atoms with Crippen molar-refractivity contribution in [2.45, 2.75) is 20.4 Å². The molecule has 1 amide bonds. The summed E-state index contributed by atoms with van der Waals surface area (Å²) in [6.45, 7) is 5.05. The van der Waals surface area contributed by atoms with Crippen molar-refractivity contribution >= 4 is 51.8 Å². The Bertz CT molecular complexity index is 556. The monoisotopic (exact) mass is 499 g/mol. The van der Waals surface area contributed by atoms with Crippen LogP contribution in [0.3, 0.4) is 0 Å². The van der Waals surface area contributed by atoms with E-state index in [2.05, 4.69) is 42.2 Å². The van der Waals surface area contributed by atoms with Gasteiger partial charge in [0, 0.05) is 51.1 Å². The van der Waals surface area contributed by atoms with Crippen molar-refractivity contribution in [3.8, 4) is 0 Å². The molecule has 1 aromatic heterocycles. The first-order chi connectivity index (χ1) is 10.2. The molecule has 0 aliphatic rings. The first-order valence-electron chi connectivity index (χ1n) is 7.16. The van der Waals surface area contributed by atoms with Gasteiger partial charge < -0.3 is 20.1 Å². The lowest BCUT2D eigenvalue weighted by Crippen LogP contribution is -2.47. The van der Waals surface area contributed by atoms with Gasteiger partial charge in [0.05, 0.1) is 12.0 Å². The van der Waals surface area contributed by atoms with E-state index >= 15 is 0 Å². The number of carbonyl (C=O) groups is 1. The van der Waals surface area contributed by atoms with Crippen LogP contribution in [0.25, 0.3) is 0 Å². The third kappa shape index (κ3) is 6.33. The average molecular weight is 500 g/mol. The number of hydrogen-bond acceptors (Lipinski definition) is 2. The van der Waals surface area contributed by atoms with Crippen molar-refractivity contribution < 1.29 is 4.79 Å². The predicted molar refractivity (Wildman–Crippen MR) is 109 cm³/mol. The Labute approximate surface area is 164 Å². The maximum Gasteiger partial charge on any atom is 0.227 e. The fourth-order valence-corrected chi connectivity index (χ4v) is 2.72. The lowest BCUT2D eigenvalue weighted by Gasteiger charge is -2.27. The van der Waals surface area contributed by atoms with E-state index in [9.17, 15) is 4.79 Å². The highest BCUT2D eigenvalue weighted by molar-refractivity contribution is 14.0.